The van der Waals surface area contributed by atoms with Gasteiger partial charge in [-0.2, -0.15) is 0 Å². The second-order valence-electron chi connectivity index (χ2n) is 7.46. The SMILES string of the molecule is COC(=O)c1cc(CNC(=O)COc2ccc3oc4c(c3c2)CCCC4)ccc1OC. The van der Waals surface area contributed by atoms with E-state index in [9.17, 15) is 9.59 Å². The van der Waals surface area contributed by atoms with Crippen molar-refractivity contribution in [2.75, 3.05) is 20.8 Å². The van der Waals surface area contributed by atoms with E-state index in [4.69, 9.17) is 18.6 Å². The predicted octanol–water partition coefficient (Wildman–Crippen LogP) is 3.80. The number of methoxy groups -OCH3 is 2. The zero-order chi connectivity index (χ0) is 21.8. The summed E-state index contributed by atoms with van der Waals surface area (Å²) in [5.41, 5.74) is 3.19. The van der Waals surface area contributed by atoms with E-state index in [2.05, 4.69) is 5.32 Å². The Bertz CT molecular complexity index is 1120. The molecular weight excluding hydrogens is 398 g/mol. The lowest BCUT2D eigenvalue weighted by Crippen LogP contribution is -2.28. The van der Waals surface area contributed by atoms with Crippen molar-refractivity contribution in [1.29, 1.82) is 0 Å². The third-order valence-electron chi connectivity index (χ3n) is 5.46. The number of hydrogen-bond acceptors (Lipinski definition) is 6. The topological polar surface area (TPSA) is 87.0 Å². The van der Waals surface area contributed by atoms with Gasteiger partial charge in [-0.3, -0.25) is 4.79 Å². The molecule has 1 amide bonds. The molecule has 31 heavy (non-hydrogen) atoms. The summed E-state index contributed by atoms with van der Waals surface area (Å²) in [4.78, 5) is 24.2. The molecule has 1 heterocycles. The minimum absolute atomic E-state index is 0.106. The lowest BCUT2D eigenvalue weighted by molar-refractivity contribution is -0.123. The van der Waals surface area contributed by atoms with Gasteiger partial charge in [0.1, 0.15) is 28.4 Å². The Labute approximate surface area is 180 Å². The molecule has 3 aromatic rings. The minimum Gasteiger partial charge on any atom is -0.496 e. The van der Waals surface area contributed by atoms with Crippen LogP contribution in [0.3, 0.4) is 0 Å². The zero-order valence-corrected chi connectivity index (χ0v) is 17.7. The van der Waals surface area contributed by atoms with Crippen molar-refractivity contribution in [2.45, 2.75) is 32.2 Å². The molecule has 0 unspecified atom stereocenters. The van der Waals surface area contributed by atoms with Crippen molar-refractivity contribution >= 4 is 22.8 Å². The van der Waals surface area contributed by atoms with Crippen molar-refractivity contribution in [1.82, 2.24) is 5.32 Å². The Balaban J connectivity index is 1.36. The maximum atomic E-state index is 12.3. The van der Waals surface area contributed by atoms with E-state index >= 15 is 0 Å². The van der Waals surface area contributed by atoms with E-state index in [-0.39, 0.29) is 19.1 Å². The van der Waals surface area contributed by atoms with Gasteiger partial charge in [0.05, 0.1) is 14.2 Å². The molecule has 0 atom stereocenters. The van der Waals surface area contributed by atoms with Crippen LogP contribution in [0.1, 0.15) is 40.1 Å². The number of aryl methyl sites for hydroxylation is 2. The number of carbonyl (C=O) groups excluding carboxylic acids is 2. The zero-order valence-electron chi connectivity index (χ0n) is 17.7. The van der Waals surface area contributed by atoms with E-state index in [1.807, 2.05) is 18.2 Å². The number of benzene rings is 2. The van der Waals surface area contributed by atoms with Crippen molar-refractivity contribution in [3.8, 4) is 11.5 Å². The van der Waals surface area contributed by atoms with Crippen molar-refractivity contribution < 1.29 is 28.2 Å². The third kappa shape index (κ3) is 4.50. The van der Waals surface area contributed by atoms with Crippen LogP contribution in [0.25, 0.3) is 11.0 Å². The molecule has 0 radical (unpaired) electrons. The number of rotatable bonds is 7. The van der Waals surface area contributed by atoms with E-state index in [0.29, 0.717) is 17.1 Å². The maximum absolute atomic E-state index is 12.3. The molecule has 0 spiro atoms. The highest BCUT2D eigenvalue weighted by Crippen LogP contribution is 2.33. The molecule has 0 saturated heterocycles. The smallest absolute Gasteiger partial charge is 0.341 e. The highest BCUT2D eigenvalue weighted by atomic mass is 16.5. The lowest BCUT2D eigenvalue weighted by Gasteiger charge is -2.11. The van der Waals surface area contributed by atoms with Crippen LogP contribution in [-0.2, 0) is 28.9 Å². The molecule has 1 N–H and O–H groups in total. The lowest BCUT2D eigenvalue weighted by atomic mass is 9.96. The van der Waals surface area contributed by atoms with Crippen LogP contribution in [0.5, 0.6) is 11.5 Å². The third-order valence-corrected chi connectivity index (χ3v) is 5.46. The number of esters is 1. The summed E-state index contributed by atoms with van der Waals surface area (Å²) in [6.07, 6.45) is 4.32. The van der Waals surface area contributed by atoms with Crippen molar-refractivity contribution in [3.05, 3.63) is 58.8 Å². The van der Waals surface area contributed by atoms with Crippen molar-refractivity contribution in [3.63, 3.8) is 0 Å². The molecule has 7 heteroatoms. The Hall–Kier alpha value is -3.48. The highest BCUT2D eigenvalue weighted by Gasteiger charge is 2.18. The van der Waals surface area contributed by atoms with Gasteiger partial charge in [-0.25, -0.2) is 4.79 Å². The molecule has 162 valence electrons. The Morgan fingerprint density at radius 1 is 1.06 bits per heavy atom. The second kappa shape index (κ2) is 9.12. The average Bonchev–Trinajstić information content (AvgIpc) is 3.18. The molecule has 0 saturated carbocycles. The van der Waals surface area contributed by atoms with E-state index in [1.165, 1.54) is 19.8 Å². The van der Waals surface area contributed by atoms with Gasteiger partial charge >= 0.3 is 5.97 Å². The summed E-state index contributed by atoms with van der Waals surface area (Å²) in [5, 5.41) is 3.87. The maximum Gasteiger partial charge on any atom is 0.341 e. The van der Waals surface area contributed by atoms with Crippen LogP contribution in [0.2, 0.25) is 0 Å². The fourth-order valence-corrected chi connectivity index (χ4v) is 3.87. The van der Waals surface area contributed by atoms with Crippen LogP contribution in [-0.4, -0.2) is 32.7 Å². The summed E-state index contributed by atoms with van der Waals surface area (Å²) < 4.78 is 21.6. The number of hydrogen-bond donors (Lipinski definition) is 1. The van der Waals surface area contributed by atoms with Gasteiger partial charge in [0.2, 0.25) is 0 Å². The molecule has 0 aliphatic heterocycles. The van der Waals surface area contributed by atoms with Crippen molar-refractivity contribution in [2.24, 2.45) is 0 Å². The minimum atomic E-state index is -0.495. The molecule has 1 aliphatic carbocycles. The first-order valence-electron chi connectivity index (χ1n) is 10.3. The normalized spacial score (nSPS) is 12.8. The number of carbonyl (C=O) groups is 2. The highest BCUT2D eigenvalue weighted by molar-refractivity contribution is 5.92. The quantitative estimate of drug-likeness (QED) is 0.582. The standard InChI is InChI=1S/C24H25NO6/c1-28-20-9-7-15(11-19(20)24(27)29-2)13-25-23(26)14-30-16-8-10-22-18(12-16)17-5-3-4-6-21(17)31-22/h7-12H,3-6,13-14H2,1-2H3,(H,25,26). The van der Waals surface area contributed by atoms with Crippen LogP contribution < -0.4 is 14.8 Å². The summed E-state index contributed by atoms with van der Waals surface area (Å²) in [6.45, 7) is 0.149. The summed E-state index contributed by atoms with van der Waals surface area (Å²) >= 11 is 0. The number of amides is 1. The van der Waals surface area contributed by atoms with Gasteiger partial charge in [0.15, 0.2) is 6.61 Å². The second-order valence-corrected chi connectivity index (χ2v) is 7.46. The van der Waals surface area contributed by atoms with Crippen LogP contribution >= 0.6 is 0 Å². The van der Waals surface area contributed by atoms with E-state index in [1.54, 1.807) is 18.2 Å². The number of fused-ring (bicyclic) bond motifs is 3. The first kappa shape index (κ1) is 20.8. The van der Waals surface area contributed by atoms with Gasteiger partial charge in [-0.05, 0) is 55.2 Å². The molecule has 2 aromatic carbocycles. The molecule has 1 aromatic heterocycles. The first-order chi connectivity index (χ1) is 15.1. The van der Waals surface area contributed by atoms with E-state index in [0.717, 1.165) is 48.0 Å². The predicted molar refractivity (Wildman–Crippen MR) is 115 cm³/mol. The van der Waals surface area contributed by atoms with Crippen LogP contribution in [0.4, 0.5) is 0 Å². The van der Waals surface area contributed by atoms with E-state index < -0.39 is 5.97 Å². The number of nitrogens with one attached hydrogen (secondary N) is 1. The largest absolute Gasteiger partial charge is 0.496 e. The molecule has 4 rings (SSSR count). The molecule has 7 nitrogen and oxygen atoms in total. The fourth-order valence-electron chi connectivity index (χ4n) is 3.87. The van der Waals surface area contributed by atoms with Gasteiger partial charge in [0.25, 0.3) is 5.91 Å². The summed E-state index contributed by atoms with van der Waals surface area (Å²) in [5.74, 6) is 1.37. The molecular formula is C24H25NO6. The van der Waals surface area contributed by atoms with Crippen LogP contribution in [0, 0.1) is 0 Å². The summed E-state index contributed by atoms with van der Waals surface area (Å²) in [7, 11) is 2.79. The Kier molecular flexibility index (Phi) is 6.11. The number of ether oxygens (including phenoxy) is 3. The Morgan fingerprint density at radius 3 is 2.71 bits per heavy atom. The summed E-state index contributed by atoms with van der Waals surface area (Å²) in [6, 6.07) is 10.8. The monoisotopic (exact) mass is 423 g/mol. The van der Waals surface area contributed by atoms with Gasteiger partial charge in [-0.15, -0.1) is 0 Å². The van der Waals surface area contributed by atoms with Gasteiger partial charge in [0, 0.05) is 23.9 Å². The average molecular weight is 423 g/mol. The number of furan rings is 1. The van der Waals surface area contributed by atoms with Gasteiger partial charge < -0.3 is 23.9 Å². The molecule has 1 aliphatic rings. The van der Waals surface area contributed by atoms with Crippen LogP contribution in [0.15, 0.2) is 40.8 Å². The molecule has 0 bridgehead atoms. The fraction of sp³-hybridized carbons (Fsp3) is 0.333. The Morgan fingerprint density at radius 2 is 1.90 bits per heavy atom. The first-order valence-corrected chi connectivity index (χ1v) is 10.3. The van der Waals surface area contributed by atoms with Gasteiger partial charge in [-0.1, -0.05) is 6.07 Å². The molecule has 0 fully saturated rings.